The number of alkyl halides is 3. The summed E-state index contributed by atoms with van der Waals surface area (Å²) >= 11 is 4.03. The van der Waals surface area contributed by atoms with Gasteiger partial charge in [-0.1, -0.05) is 40.2 Å². The van der Waals surface area contributed by atoms with Crippen LogP contribution in [-0.2, 0) is 17.5 Å². The van der Waals surface area contributed by atoms with Crippen molar-refractivity contribution in [1.82, 2.24) is 4.90 Å². The summed E-state index contributed by atoms with van der Waals surface area (Å²) < 4.78 is 39.3. The minimum absolute atomic E-state index is 0.103. The van der Waals surface area contributed by atoms with Gasteiger partial charge in [-0.2, -0.15) is 13.2 Å². The van der Waals surface area contributed by atoms with Gasteiger partial charge in [0.25, 0.3) is 11.1 Å². The van der Waals surface area contributed by atoms with Crippen LogP contribution in [0.5, 0.6) is 0 Å². The SMILES string of the molecule is O=C1S/C(=C\c2cccc(C(F)(F)F)c2)C(=O)N1Cc1ccc(Br)cc1. The molecule has 134 valence electrons. The summed E-state index contributed by atoms with van der Waals surface area (Å²) in [5, 5.41) is -0.448. The van der Waals surface area contributed by atoms with Crippen LogP contribution in [0.25, 0.3) is 6.08 Å². The quantitative estimate of drug-likeness (QED) is 0.572. The Morgan fingerprint density at radius 3 is 2.42 bits per heavy atom. The van der Waals surface area contributed by atoms with E-state index in [0.717, 1.165) is 38.8 Å². The summed E-state index contributed by atoms with van der Waals surface area (Å²) in [5.74, 6) is -0.514. The highest BCUT2D eigenvalue weighted by atomic mass is 79.9. The molecule has 2 amide bonds. The highest BCUT2D eigenvalue weighted by Gasteiger charge is 2.35. The van der Waals surface area contributed by atoms with Crippen molar-refractivity contribution in [2.45, 2.75) is 12.7 Å². The maximum atomic E-state index is 12.8. The Balaban J connectivity index is 1.82. The number of rotatable bonds is 3. The number of nitrogens with zero attached hydrogens (tertiary/aromatic N) is 1. The Labute approximate surface area is 160 Å². The molecule has 1 aliphatic heterocycles. The maximum absolute atomic E-state index is 12.8. The lowest BCUT2D eigenvalue weighted by Gasteiger charge is -2.12. The first-order valence-corrected chi connectivity index (χ1v) is 9.02. The molecule has 1 fully saturated rings. The fourth-order valence-corrected chi connectivity index (χ4v) is 3.47. The predicted octanol–water partition coefficient (Wildman–Crippen LogP) is 5.70. The second kappa shape index (κ2) is 7.28. The fraction of sp³-hybridized carbons (Fsp3) is 0.111. The Hall–Kier alpha value is -2.06. The molecule has 1 aliphatic rings. The molecule has 1 heterocycles. The largest absolute Gasteiger partial charge is 0.416 e. The molecule has 3 nitrogen and oxygen atoms in total. The number of carbonyl (C=O) groups is 2. The number of hydrogen-bond acceptors (Lipinski definition) is 3. The maximum Gasteiger partial charge on any atom is 0.416 e. The third-order valence-electron chi connectivity index (χ3n) is 3.64. The van der Waals surface area contributed by atoms with Crippen LogP contribution in [0, 0.1) is 0 Å². The van der Waals surface area contributed by atoms with E-state index in [2.05, 4.69) is 15.9 Å². The lowest BCUT2D eigenvalue weighted by molar-refractivity contribution is -0.137. The first kappa shape index (κ1) is 18.7. The molecule has 0 aliphatic carbocycles. The van der Waals surface area contributed by atoms with E-state index in [1.165, 1.54) is 18.2 Å². The lowest BCUT2D eigenvalue weighted by atomic mass is 10.1. The van der Waals surface area contributed by atoms with Crippen molar-refractivity contribution in [2.24, 2.45) is 0 Å². The van der Waals surface area contributed by atoms with Gasteiger partial charge in [0.05, 0.1) is 17.0 Å². The van der Waals surface area contributed by atoms with Crippen molar-refractivity contribution in [1.29, 1.82) is 0 Å². The van der Waals surface area contributed by atoms with Gasteiger partial charge in [-0.05, 0) is 53.2 Å². The van der Waals surface area contributed by atoms with Crippen molar-refractivity contribution >= 4 is 44.9 Å². The predicted molar refractivity (Wildman–Crippen MR) is 97.1 cm³/mol. The molecule has 0 bridgehead atoms. The van der Waals surface area contributed by atoms with Gasteiger partial charge in [-0.15, -0.1) is 0 Å². The standard InChI is InChI=1S/C18H11BrF3NO2S/c19-14-6-4-11(5-7-14)10-23-16(24)15(26-17(23)25)9-12-2-1-3-13(8-12)18(20,21)22/h1-9H,10H2/b15-9-. The number of carbonyl (C=O) groups excluding carboxylic acids is 2. The molecule has 0 spiro atoms. The molecule has 8 heteroatoms. The molecule has 0 radical (unpaired) electrons. The minimum atomic E-state index is -4.47. The van der Waals surface area contributed by atoms with Gasteiger partial charge in [-0.25, -0.2) is 0 Å². The van der Waals surface area contributed by atoms with Gasteiger partial charge in [-0.3, -0.25) is 14.5 Å². The molecular formula is C18H11BrF3NO2S. The van der Waals surface area contributed by atoms with Gasteiger partial charge in [0.15, 0.2) is 0 Å². The van der Waals surface area contributed by atoms with Crippen LogP contribution in [0.4, 0.5) is 18.0 Å². The molecule has 3 rings (SSSR count). The van der Waals surface area contributed by atoms with E-state index >= 15 is 0 Å². The average molecular weight is 442 g/mol. The molecule has 0 unspecified atom stereocenters. The van der Waals surface area contributed by atoms with E-state index in [-0.39, 0.29) is 17.0 Å². The van der Waals surface area contributed by atoms with Gasteiger partial charge < -0.3 is 0 Å². The van der Waals surface area contributed by atoms with E-state index < -0.39 is 22.9 Å². The van der Waals surface area contributed by atoms with Crippen molar-refractivity contribution < 1.29 is 22.8 Å². The zero-order valence-corrected chi connectivity index (χ0v) is 15.5. The molecule has 2 aromatic rings. The van der Waals surface area contributed by atoms with Crippen LogP contribution in [0.1, 0.15) is 16.7 Å². The van der Waals surface area contributed by atoms with Crippen LogP contribution in [0.2, 0.25) is 0 Å². The number of hydrogen-bond donors (Lipinski definition) is 0. The molecule has 26 heavy (non-hydrogen) atoms. The van der Waals surface area contributed by atoms with Crippen LogP contribution in [0.15, 0.2) is 57.9 Å². The highest BCUT2D eigenvalue weighted by Crippen LogP contribution is 2.35. The number of halogens is 4. The van der Waals surface area contributed by atoms with Gasteiger partial charge in [0.1, 0.15) is 0 Å². The summed E-state index contributed by atoms with van der Waals surface area (Å²) in [5.41, 5.74) is 0.185. The number of thioether (sulfide) groups is 1. The van der Waals surface area contributed by atoms with Gasteiger partial charge in [0, 0.05) is 4.47 Å². The van der Waals surface area contributed by atoms with E-state index in [1.54, 1.807) is 24.3 Å². The summed E-state index contributed by atoms with van der Waals surface area (Å²) in [7, 11) is 0. The Morgan fingerprint density at radius 1 is 1.08 bits per heavy atom. The molecule has 2 aromatic carbocycles. The van der Waals surface area contributed by atoms with Crippen molar-refractivity contribution in [3.63, 3.8) is 0 Å². The normalized spacial score (nSPS) is 16.6. The molecular weight excluding hydrogens is 431 g/mol. The first-order valence-electron chi connectivity index (χ1n) is 7.41. The summed E-state index contributed by atoms with van der Waals surface area (Å²) in [6.07, 6.45) is -3.16. The summed E-state index contributed by atoms with van der Waals surface area (Å²) in [4.78, 5) is 25.8. The second-order valence-corrected chi connectivity index (χ2v) is 7.43. The van der Waals surface area contributed by atoms with E-state index in [4.69, 9.17) is 0 Å². The highest BCUT2D eigenvalue weighted by molar-refractivity contribution is 9.10. The van der Waals surface area contributed by atoms with E-state index in [1.807, 2.05) is 0 Å². The zero-order chi connectivity index (χ0) is 18.9. The zero-order valence-electron chi connectivity index (χ0n) is 13.1. The van der Waals surface area contributed by atoms with Crippen LogP contribution in [0.3, 0.4) is 0 Å². The van der Waals surface area contributed by atoms with Crippen molar-refractivity contribution in [3.05, 3.63) is 74.6 Å². The lowest BCUT2D eigenvalue weighted by Crippen LogP contribution is -2.27. The van der Waals surface area contributed by atoms with Crippen molar-refractivity contribution in [3.8, 4) is 0 Å². The Bertz CT molecular complexity index is 894. The summed E-state index contributed by atoms with van der Waals surface area (Å²) in [6, 6.07) is 11.8. The van der Waals surface area contributed by atoms with Gasteiger partial charge >= 0.3 is 6.18 Å². The van der Waals surface area contributed by atoms with Crippen LogP contribution < -0.4 is 0 Å². The fourth-order valence-electron chi connectivity index (χ4n) is 2.36. The first-order chi connectivity index (χ1) is 12.2. The molecule has 0 aromatic heterocycles. The Morgan fingerprint density at radius 2 is 1.77 bits per heavy atom. The third kappa shape index (κ3) is 4.19. The van der Waals surface area contributed by atoms with E-state index in [0.29, 0.717) is 0 Å². The van der Waals surface area contributed by atoms with Crippen LogP contribution in [-0.4, -0.2) is 16.0 Å². The minimum Gasteiger partial charge on any atom is -0.268 e. The smallest absolute Gasteiger partial charge is 0.268 e. The third-order valence-corrected chi connectivity index (χ3v) is 5.08. The molecule has 0 atom stereocenters. The molecule has 0 N–H and O–H groups in total. The summed E-state index contributed by atoms with van der Waals surface area (Å²) in [6.45, 7) is 0.109. The topological polar surface area (TPSA) is 37.4 Å². The molecule has 1 saturated heterocycles. The molecule has 0 saturated carbocycles. The van der Waals surface area contributed by atoms with E-state index in [9.17, 15) is 22.8 Å². The number of imide groups is 1. The number of benzene rings is 2. The van der Waals surface area contributed by atoms with Gasteiger partial charge in [0.2, 0.25) is 0 Å². The Kier molecular flexibility index (Phi) is 5.24. The van der Waals surface area contributed by atoms with Crippen molar-refractivity contribution in [2.75, 3.05) is 0 Å². The second-order valence-electron chi connectivity index (χ2n) is 5.52. The monoisotopic (exact) mass is 441 g/mol. The number of amides is 2. The van der Waals surface area contributed by atoms with Crippen LogP contribution >= 0.6 is 27.7 Å². The average Bonchev–Trinajstić information content (AvgIpc) is 2.84.